The molecule has 1 aromatic carbocycles. The summed E-state index contributed by atoms with van der Waals surface area (Å²) in [5, 5.41) is 12.1. The fraction of sp³-hybridized carbons (Fsp3) is 0.417. The first-order valence-corrected chi connectivity index (χ1v) is 9.08. The maximum Gasteiger partial charge on any atom is 0.310 e. The van der Waals surface area contributed by atoms with Crippen molar-refractivity contribution >= 4 is 21.9 Å². The van der Waals surface area contributed by atoms with Gasteiger partial charge in [0.05, 0.1) is 11.8 Å². The van der Waals surface area contributed by atoms with Gasteiger partial charge in [-0.1, -0.05) is 30.0 Å². The standard InChI is InChI=1S/C12H14N4O3S2/c17-21(18,19-11-4-2-1-3-5-11)9-8-20-12-13-14-15-16(12)10-6-7-10/h1-5,10H,6-9H2. The second kappa shape index (κ2) is 6.02. The number of thioether (sulfide) groups is 1. The van der Waals surface area contributed by atoms with Gasteiger partial charge >= 0.3 is 10.1 Å². The highest BCUT2D eigenvalue weighted by Gasteiger charge is 2.28. The van der Waals surface area contributed by atoms with Gasteiger partial charge < -0.3 is 4.18 Å². The van der Waals surface area contributed by atoms with Crippen molar-refractivity contribution < 1.29 is 12.6 Å². The molecule has 1 fully saturated rings. The monoisotopic (exact) mass is 326 g/mol. The van der Waals surface area contributed by atoms with Gasteiger partial charge in [0.2, 0.25) is 5.16 Å². The Morgan fingerprint density at radius 1 is 1.29 bits per heavy atom. The van der Waals surface area contributed by atoms with Crippen LogP contribution in [-0.2, 0) is 10.1 Å². The minimum Gasteiger partial charge on any atom is -0.382 e. The molecule has 1 saturated carbocycles. The van der Waals surface area contributed by atoms with E-state index in [9.17, 15) is 8.42 Å². The Kier molecular flexibility index (Phi) is 4.11. The molecule has 0 atom stereocenters. The first kappa shape index (κ1) is 14.3. The van der Waals surface area contributed by atoms with E-state index >= 15 is 0 Å². The Labute approximate surface area is 126 Å². The van der Waals surface area contributed by atoms with Gasteiger partial charge in [0, 0.05) is 5.75 Å². The fourth-order valence-corrected chi connectivity index (χ4v) is 3.96. The molecule has 21 heavy (non-hydrogen) atoms. The van der Waals surface area contributed by atoms with Crippen molar-refractivity contribution in [1.29, 1.82) is 0 Å². The lowest BCUT2D eigenvalue weighted by Gasteiger charge is -2.06. The summed E-state index contributed by atoms with van der Waals surface area (Å²) < 4.78 is 30.5. The summed E-state index contributed by atoms with van der Waals surface area (Å²) in [7, 11) is -3.60. The van der Waals surface area contributed by atoms with Crippen molar-refractivity contribution in [1.82, 2.24) is 20.2 Å². The van der Waals surface area contributed by atoms with Crippen molar-refractivity contribution in [3.05, 3.63) is 30.3 Å². The third kappa shape index (κ3) is 3.94. The van der Waals surface area contributed by atoms with Crippen molar-refractivity contribution in [2.45, 2.75) is 24.0 Å². The van der Waals surface area contributed by atoms with Crippen LogP contribution in [0.1, 0.15) is 18.9 Å². The minimum absolute atomic E-state index is 0.0932. The van der Waals surface area contributed by atoms with E-state index in [0.29, 0.717) is 22.7 Å². The number of tetrazole rings is 1. The van der Waals surface area contributed by atoms with E-state index in [2.05, 4.69) is 15.5 Å². The van der Waals surface area contributed by atoms with Crippen LogP contribution in [0, 0.1) is 0 Å². The normalized spacial score (nSPS) is 15.0. The number of hydrogen-bond acceptors (Lipinski definition) is 7. The molecule has 0 amide bonds. The second-order valence-electron chi connectivity index (χ2n) is 4.64. The molecule has 0 radical (unpaired) electrons. The summed E-state index contributed by atoms with van der Waals surface area (Å²) in [6, 6.07) is 8.84. The predicted molar refractivity (Wildman–Crippen MR) is 77.7 cm³/mol. The molecule has 0 bridgehead atoms. The molecule has 9 heteroatoms. The topological polar surface area (TPSA) is 87.0 Å². The highest BCUT2D eigenvalue weighted by atomic mass is 32.2. The third-order valence-corrected chi connectivity index (χ3v) is 5.23. The van der Waals surface area contributed by atoms with Crippen molar-refractivity contribution in [2.24, 2.45) is 0 Å². The van der Waals surface area contributed by atoms with Gasteiger partial charge in [-0.05, 0) is 35.4 Å². The molecule has 7 nitrogen and oxygen atoms in total. The lowest BCUT2D eigenvalue weighted by atomic mass is 10.3. The van der Waals surface area contributed by atoms with E-state index in [0.717, 1.165) is 12.8 Å². The first-order chi connectivity index (χ1) is 10.1. The Morgan fingerprint density at radius 2 is 2.05 bits per heavy atom. The molecule has 0 unspecified atom stereocenters. The van der Waals surface area contributed by atoms with Crippen LogP contribution in [0.3, 0.4) is 0 Å². The summed E-state index contributed by atoms with van der Waals surface area (Å²) in [5.41, 5.74) is 0. The molecule has 0 spiro atoms. The maximum absolute atomic E-state index is 11.9. The van der Waals surface area contributed by atoms with E-state index in [1.54, 1.807) is 35.0 Å². The summed E-state index contributed by atoms with van der Waals surface area (Å²) >= 11 is 1.33. The summed E-state index contributed by atoms with van der Waals surface area (Å²) in [4.78, 5) is 0. The van der Waals surface area contributed by atoms with Crippen LogP contribution < -0.4 is 4.18 Å². The Morgan fingerprint density at radius 3 is 2.76 bits per heavy atom. The Hall–Kier alpha value is -1.61. The molecule has 1 aliphatic rings. The van der Waals surface area contributed by atoms with Gasteiger partial charge in [0.1, 0.15) is 5.75 Å². The van der Waals surface area contributed by atoms with Crippen LogP contribution in [-0.4, -0.2) is 40.1 Å². The molecule has 3 rings (SSSR count). The van der Waals surface area contributed by atoms with E-state index in [4.69, 9.17) is 4.18 Å². The minimum atomic E-state index is -3.60. The smallest absolute Gasteiger partial charge is 0.310 e. The van der Waals surface area contributed by atoms with Gasteiger partial charge in [-0.15, -0.1) is 5.10 Å². The number of hydrogen-bond donors (Lipinski definition) is 0. The SMILES string of the molecule is O=S(=O)(CCSc1nnnn1C1CC1)Oc1ccccc1. The van der Waals surface area contributed by atoms with Crippen LogP contribution in [0.25, 0.3) is 0 Å². The zero-order valence-corrected chi connectivity index (χ0v) is 12.8. The largest absolute Gasteiger partial charge is 0.382 e. The molecular formula is C12H14N4O3S2. The lowest BCUT2D eigenvalue weighted by Crippen LogP contribution is -2.15. The van der Waals surface area contributed by atoms with Gasteiger partial charge in [0.25, 0.3) is 0 Å². The Balaban J connectivity index is 1.53. The summed E-state index contributed by atoms with van der Waals surface area (Å²) in [5.74, 6) is 0.581. The van der Waals surface area contributed by atoms with Crippen LogP contribution in [0.2, 0.25) is 0 Å². The van der Waals surface area contributed by atoms with E-state index in [1.807, 2.05) is 0 Å². The molecular weight excluding hydrogens is 312 g/mol. The third-order valence-electron chi connectivity index (χ3n) is 2.89. The fourth-order valence-electron chi connectivity index (χ4n) is 1.73. The van der Waals surface area contributed by atoms with Crippen molar-refractivity contribution in [3.8, 4) is 5.75 Å². The van der Waals surface area contributed by atoms with Crippen molar-refractivity contribution in [2.75, 3.05) is 11.5 Å². The molecule has 0 saturated heterocycles. The Bertz CT molecular complexity index is 698. The van der Waals surface area contributed by atoms with Gasteiger partial charge in [-0.2, -0.15) is 8.42 Å². The van der Waals surface area contributed by atoms with Gasteiger partial charge in [-0.25, -0.2) is 4.68 Å². The van der Waals surface area contributed by atoms with Gasteiger partial charge in [-0.3, -0.25) is 0 Å². The van der Waals surface area contributed by atoms with Crippen LogP contribution in [0.5, 0.6) is 5.75 Å². The number of rotatable bonds is 7. The average Bonchev–Trinajstić information content (AvgIpc) is 3.19. The zero-order chi connectivity index (χ0) is 14.7. The quantitative estimate of drug-likeness (QED) is 0.563. The van der Waals surface area contributed by atoms with E-state index in [1.165, 1.54) is 11.8 Å². The van der Waals surface area contributed by atoms with Gasteiger partial charge in [0.15, 0.2) is 0 Å². The molecule has 112 valence electrons. The van der Waals surface area contributed by atoms with Crippen LogP contribution >= 0.6 is 11.8 Å². The first-order valence-electron chi connectivity index (χ1n) is 6.52. The molecule has 1 aliphatic carbocycles. The molecule has 2 aromatic rings. The highest BCUT2D eigenvalue weighted by Crippen LogP contribution is 2.36. The molecule has 0 aliphatic heterocycles. The average molecular weight is 326 g/mol. The molecule has 1 aromatic heterocycles. The van der Waals surface area contributed by atoms with E-state index in [-0.39, 0.29) is 5.75 Å². The summed E-state index contributed by atoms with van der Waals surface area (Å²) in [6.45, 7) is 0. The number of nitrogens with zero attached hydrogens (tertiary/aromatic N) is 4. The summed E-state index contributed by atoms with van der Waals surface area (Å²) in [6.07, 6.45) is 2.15. The molecule has 1 heterocycles. The second-order valence-corrected chi connectivity index (χ2v) is 7.40. The van der Waals surface area contributed by atoms with Crippen LogP contribution in [0.15, 0.2) is 35.5 Å². The predicted octanol–water partition coefficient (Wildman–Crippen LogP) is 1.51. The zero-order valence-electron chi connectivity index (χ0n) is 11.1. The number of aromatic nitrogens is 4. The number of para-hydroxylation sites is 1. The maximum atomic E-state index is 11.9. The molecule has 0 N–H and O–H groups in total. The lowest BCUT2D eigenvalue weighted by molar-refractivity contribution is 0.488. The van der Waals surface area contributed by atoms with E-state index < -0.39 is 10.1 Å². The van der Waals surface area contributed by atoms with Crippen LogP contribution in [0.4, 0.5) is 0 Å². The van der Waals surface area contributed by atoms with Crippen molar-refractivity contribution in [3.63, 3.8) is 0 Å². The highest BCUT2D eigenvalue weighted by molar-refractivity contribution is 8.00. The number of benzene rings is 1.